The smallest absolute Gasteiger partial charge is 0.318 e. The summed E-state index contributed by atoms with van der Waals surface area (Å²) in [6.45, 7) is 5.58. The molecule has 2 aliphatic heterocycles. The molecule has 3 unspecified atom stereocenters. The fraction of sp³-hybridized carbons (Fsp3) is 0.786. The minimum atomic E-state index is -0.657. The Balaban J connectivity index is 1.80. The van der Waals surface area contributed by atoms with E-state index in [0.717, 1.165) is 25.8 Å². The van der Waals surface area contributed by atoms with Crippen molar-refractivity contribution in [1.82, 2.24) is 10.2 Å². The van der Waals surface area contributed by atoms with Crippen LogP contribution in [0.5, 0.6) is 0 Å². The van der Waals surface area contributed by atoms with Crippen LogP contribution in [0.25, 0.3) is 0 Å². The molecule has 6 nitrogen and oxygen atoms in total. The van der Waals surface area contributed by atoms with Gasteiger partial charge in [0.25, 0.3) is 0 Å². The molecule has 0 amide bonds. The lowest BCUT2D eigenvalue weighted by atomic mass is 9.76. The van der Waals surface area contributed by atoms with Gasteiger partial charge in [-0.3, -0.25) is 4.79 Å². The Hall–Kier alpha value is -1.59. The van der Waals surface area contributed by atoms with Crippen molar-refractivity contribution < 1.29 is 14.3 Å². The highest BCUT2D eigenvalue weighted by Gasteiger charge is 2.41. The summed E-state index contributed by atoms with van der Waals surface area (Å²) < 4.78 is 5.72. The molecule has 2 saturated heterocycles. The molecule has 110 valence electrons. The monoisotopic (exact) mass is 279 g/mol. The molecule has 1 aromatic rings. The van der Waals surface area contributed by atoms with Crippen molar-refractivity contribution in [2.24, 2.45) is 17.8 Å². The number of carbonyl (C=O) groups is 1. The van der Waals surface area contributed by atoms with Gasteiger partial charge in [-0.15, -0.1) is 5.10 Å². The van der Waals surface area contributed by atoms with Crippen LogP contribution >= 0.6 is 0 Å². The van der Waals surface area contributed by atoms with Crippen LogP contribution in [0.3, 0.4) is 0 Å². The molecule has 2 bridgehead atoms. The summed E-state index contributed by atoms with van der Waals surface area (Å²) in [7, 11) is 0. The summed E-state index contributed by atoms with van der Waals surface area (Å²) in [6, 6.07) is 0.552. The molecule has 0 aromatic carbocycles. The summed E-state index contributed by atoms with van der Waals surface area (Å²) in [6.07, 6.45) is 2.88. The van der Waals surface area contributed by atoms with E-state index in [1.54, 1.807) is 0 Å². The van der Waals surface area contributed by atoms with Gasteiger partial charge < -0.3 is 14.4 Å². The minimum Gasteiger partial charge on any atom is -0.481 e. The lowest BCUT2D eigenvalue weighted by Gasteiger charge is -2.28. The van der Waals surface area contributed by atoms with Crippen LogP contribution in [0.15, 0.2) is 4.42 Å². The fourth-order valence-electron chi connectivity index (χ4n) is 3.42. The molecule has 0 radical (unpaired) electrons. The van der Waals surface area contributed by atoms with E-state index < -0.39 is 5.97 Å². The molecule has 3 aliphatic rings. The van der Waals surface area contributed by atoms with Gasteiger partial charge in [-0.1, -0.05) is 18.9 Å². The van der Waals surface area contributed by atoms with Gasteiger partial charge in [0.15, 0.2) is 0 Å². The second-order valence-electron chi connectivity index (χ2n) is 6.37. The Bertz CT molecular complexity index is 500. The highest BCUT2D eigenvalue weighted by Crippen LogP contribution is 2.39. The average molecular weight is 279 g/mol. The Morgan fingerprint density at radius 2 is 2.15 bits per heavy atom. The molecular weight excluding hydrogens is 258 g/mol. The standard InChI is InChI=1S/C14H21N3O3/c1-8(2)12-15-16-14(20-12)17-6-9-3-4-10(7-17)11(5-9)13(18)19/h8-11H,3-7H2,1-2H3,(H,18,19). The second-order valence-corrected chi connectivity index (χ2v) is 6.37. The summed E-state index contributed by atoms with van der Waals surface area (Å²) in [5.41, 5.74) is 0. The first-order valence-corrected chi connectivity index (χ1v) is 7.35. The first-order chi connectivity index (χ1) is 9.54. The predicted molar refractivity (Wildman–Crippen MR) is 72.6 cm³/mol. The normalized spacial score (nSPS) is 29.8. The molecule has 1 N–H and O–H groups in total. The zero-order chi connectivity index (χ0) is 14.3. The van der Waals surface area contributed by atoms with E-state index >= 15 is 0 Å². The summed E-state index contributed by atoms with van der Waals surface area (Å²) in [5, 5.41) is 17.6. The number of nitrogens with zero attached hydrogens (tertiary/aromatic N) is 3. The number of hydrogen-bond donors (Lipinski definition) is 1. The summed E-state index contributed by atoms with van der Waals surface area (Å²) >= 11 is 0. The fourth-order valence-corrected chi connectivity index (χ4v) is 3.42. The van der Waals surface area contributed by atoms with Crippen LogP contribution < -0.4 is 4.90 Å². The summed E-state index contributed by atoms with van der Waals surface area (Å²) in [4.78, 5) is 13.5. The average Bonchev–Trinajstić information content (AvgIpc) is 2.72. The van der Waals surface area contributed by atoms with Gasteiger partial charge in [0.05, 0.1) is 5.92 Å². The molecule has 3 atom stereocenters. The van der Waals surface area contributed by atoms with Crippen LogP contribution in [0.1, 0.15) is 44.9 Å². The number of fused-ring (bicyclic) bond motifs is 4. The van der Waals surface area contributed by atoms with Crippen molar-refractivity contribution >= 4 is 12.0 Å². The molecule has 1 aromatic heterocycles. The van der Waals surface area contributed by atoms with Gasteiger partial charge >= 0.3 is 12.0 Å². The molecule has 1 saturated carbocycles. The molecule has 0 spiro atoms. The van der Waals surface area contributed by atoms with Gasteiger partial charge in [0.2, 0.25) is 5.89 Å². The van der Waals surface area contributed by atoms with Crippen LogP contribution in [-0.4, -0.2) is 34.4 Å². The van der Waals surface area contributed by atoms with Gasteiger partial charge in [0, 0.05) is 19.0 Å². The van der Waals surface area contributed by atoms with Crippen LogP contribution in [0.2, 0.25) is 0 Å². The minimum absolute atomic E-state index is 0.195. The van der Waals surface area contributed by atoms with E-state index in [9.17, 15) is 9.90 Å². The van der Waals surface area contributed by atoms with E-state index in [1.807, 2.05) is 13.8 Å². The largest absolute Gasteiger partial charge is 0.481 e. The number of hydrogen-bond acceptors (Lipinski definition) is 5. The predicted octanol–water partition coefficient (Wildman–Crippen LogP) is 2.13. The van der Waals surface area contributed by atoms with E-state index in [1.165, 1.54) is 0 Å². The Kier molecular flexibility index (Phi) is 3.40. The first kappa shape index (κ1) is 13.4. The van der Waals surface area contributed by atoms with E-state index in [4.69, 9.17) is 4.42 Å². The number of anilines is 1. The third kappa shape index (κ3) is 2.39. The highest BCUT2D eigenvalue weighted by molar-refractivity contribution is 5.70. The van der Waals surface area contributed by atoms with Crippen molar-refractivity contribution in [2.75, 3.05) is 18.0 Å². The lowest BCUT2D eigenvalue weighted by molar-refractivity contribution is -0.145. The number of rotatable bonds is 3. The van der Waals surface area contributed by atoms with Crippen LogP contribution in [-0.2, 0) is 4.79 Å². The zero-order valence-electron chi connectivity index (χ0n) is 12.0. The molecule has 4 rings (SSSR count). The Morgan fingerprint density at radius 1 is 1.35 bits per heavy atom. The zero-order valence-corrected chi connectivity index (χ0v) is 12.0. The topological polar surface area (TPSA) is 79.5 Å². The molecule has 3 fully saturated rings. The molecule has 6 heteroatoms. The molecular formula is C14H21N3O3. The van der Waals surface area contributed by atoms with E-state index in [0.29, 0.717) is 24.4 Å². The SMILES string of the molecule is CC(C)c1nnc(N2CC3CCC(C2)C(C(=O)O)C3)o1. The van der Waals surface area contributed by atoms with Gasteiger partial charge in [-0.25, -0.2) is 0 Å². The maximum absolute atomic E-state index is 11.4. The van der Waals surface area contributed by atoms with E-state index in [2.05, 4.69) is 15.1 Å². The maximum Gasteiger partial charge on any atom is 0.318 e. The lowest BCUT2D eigenvalue weighted by Crippen LogP contribution is -2.32. The van der Waals surface area contributed by atoms with Gasteiger partial charge in [-0.2, -0.15) is 0 Å². The van der Waals surface area contributed by atoms with Crippen molar-refractivity contribution in [1.29, 1.82) is 0 Å². The maximum atomic E-state index is 11.4. The van der Waals surface area contributed by atoms with Gasteiger partial charge in [-0.05, 0) is 31.1 Å². The third-order valence-electron chi connectivity index (χ3n) is 4.55. The van der Waals surface area contributed by atoms with Crippen molar-refractivity contribution in [3.8, 4) is 0 Å². The number of aromatic nitrogens is 2. The quantitative estimate of drug-likeness (QED) is 0.913. The molecule has 1 aliphatic carbocycles. The van der Waals surface area contributed by atoms with Gasteiger partial charge in [0.1, 0.15) is 0 Å². The highest BCUT2D eigenvalue weighted by atomic mass is 16.4. The van der Waals surface area contributed by atoms with Crippen LogP contribution in [0, 0.1) is 17.8 Å². The second kappa shape index (κ2) is 5.07. The van der Waals surface area contributed by atoms with Crippen molar-refractivity contribution in [2.45, 2.75) is 39.0 Å². The van der Waals surface area contributed by atoms with E-state index in [-0.39, 0.29) is 17.8 Å². The number of aliphatic carboxylic acids is 1. The third-order valence-corrected chi connectivity index (χ3v) is 4.55. The molecule has 20 heavy (non-hydrogen) atoms. The van der Waals surface area contributed by atoms with Crippen molar-refractivity contribution in [3.63, 3.8) is 0 Å². The summed E-state index contributed by atoms with van der Waals surface area (Å²) in [5.74, 6) is 0.601. The molecule has 3 heterocycles. The number of carboxylic acids is 1. The number of carboxylic acid groups (broad SMARTS) is 1. The first-order valence-electron chi connectivity index (χ1n) is 7.35. The Morgan fingerprint density at radius 3 is 2.80 bits per heavy atom. The van der Waals surface area contributed by atoms with Crippen molar-refractivity contribution in [3.05, 3.63) is 5.89 Å². The van der Waals surface area contributed by atoms with Crippen LogP contribution in [0.4, 0.5) is 6.01 Å². The Labute approximate surface area is 118 Å².